The average molecular weight is 439 g/mol. The Morgan fingerprint density at radius 2 is 1.68 bits per heavy atom. The Morgan fingerprint density at radius 1 is 0.929 bits per heavy atom. The predicted octanol–water partition coefficient (Wildman–Crippen LogP) is 4.37. The molecule has 1 fully saturated rings. The molecule has 148 valence electrons. The molecule has 2 aromatic rings. The second-order valence-electron chi connectivity index (χ2n) is 7.09. The molecule has 0 aliphatic carbocycles. The number of benzene rings is 2. The first-order chi connectivity index (χ1) is 13.4. The average Bonchev–Trinajstić information content (AvgIpc) is 3.22. The molecule has 0 spiro atoms. The highest BCUT2D eigenvalue weighted by atomic mass is 35.5. The largest absolute Gasteiger partial charge is 0.308 e. The molecule has 0 saturated carbocycles. The van der Waals surface area contributed by atoms with Gasteiger partial charge in [0.2, 0.25) is 10.0 Å². The summed E-state index contributed by atoms with van der Waals surface area (Å²) in [5.74, 6) is -0.299. The number of carbonyl (C=O) groups excluding carboxylic acids is 1. The van der Waals surface area contributed by atoms with Crippen LogP contribution < -0.4 is 4.90 Å². The van der Waals surface area contributed by atoms with Gasteiger partial charge in [0.15, 0.2) is 0 Å². The molecular formula is C20H20Cl2N2O3S. The van der Waals surface area contributed by atoms with Crippen LogP contribution in [0.4, 0.5) is 5.69 Å². The van der Waals surface area contributed by atoms with Gasteiger partial charge in [-0.2, -0.15) is 4.31 Å². The van der Waals surface area contributed by atoms with Gasteiger partial charge in [-0.3, -0.25) is 4.79 Å². The fourth-order valence-corrected chi connectivity index (χ4v) is 5.77. The first-order valence-electron chi connectivity index (χ1n) is 9.28. The van der Waals surface area contributed by atoms with E-state index in [-0.39, 0.29) is 21.4 Å². The monoisotopic (exact) mass is 438 g/mol. The summed E-state index contributed by atoms with van der Waals surface area (Å²) < 4.78 is 27.2. The Morgan fingerprint density at radius 3 is 2.43 bits per heavy atom. The van der Waals surface area contributed by atoms with Crippen molar-refractivity contribution in [2.75, 3.05) is 24.5 Å². The van der Waals surface area contributed by atoms with Crippen LogP contribution in [-0.2, 0) is 16.4 Å². The standard InChI is InChI=1S/C20H20Cl2N2O3S/c21-15-5-8-19-14(12-15)4-3-11-24(19)20(25)17-13-16(6-7-18(17)22)28(26,27)23-9-1-2-10-23/h5-8,12-13H,1-4,9-11H2. The zero-order chi connectivity index (χ0) is 19.9. The second-order valence-corrected chi connectivity index (χ2v) is 9.87. The molecule has 2 heterocycles. The topological polar surface area (TPSA) is 57.7 Å². The van der Waals surface area contributed by atoms with Gasteiger partial charge >= 0.3 is 0 Å². The summed E-state index contributed by atoms with van der Waals surface area (Å²) in [6.45, 7) is 1.57. The van der Waals surface area contributed by atoms with Crippen molar-refractivity contribution in [3.05, 3.63) is 57.6 Å². The summed E-state index contributed by atoms with van der Waals surface area (Å²) in [7, 11) is -3.62. The van der Waals surface area contributed by atoms with Crippen molar-refractivity contribution in [3.63, 3.8) is 0 Å². The molecule has 4 rings (SSSR count). The summed E-state index contributed by atoms with van der Waals surface area (Å²) >= 11 is 12.4. The molecule has 2 aromatic carbocycles. The Bertz CT molecular complexity index is 1030. The summed E-state index contributed by atoms with van der Waals surface area (Å²) in [5, 5.41) is 0.872. The minimum Gasteiger partial charge on any atom is -0.308 e. The smallest absolute Gasteiger partial charge is 0.259 e. The summed E-state index contributed by atoms with van der Waals surface area (Å²) in [6, 6.07) is 9.81. The molecule has 2 aliphatic rings. The van der Waals surface area contributed by atoms with Crippen molar-refractivity contribution >= 4 is 44.8 Å². The third-order valence-electron chi connectivity index (χ3n) is 5.28. The molecule has 2 aliphatic heterocycles. The number of nitrogens with zero attached hydrogens (tertiary/aromatic N) is 2. The van der Waals surface area contributed by atoms with Crippen molar-refractivity contribution in [3.8, 4) is 0 Å². The molecule has 1 saturated heterocycles. The fourth-order valence-electron chi connectivity index (χ4n) is 3.83. The zero-order valence-corrected chi connectivity index (χ0v) is 17.5. The predicted molar refractivity (Wildman–Crippen MR) is 111 cm³/mol. The van der Waals surface area contributed by atoms with Crippen LogP contribution in [0.15, 0.2) is 41.3 Å². The number of halogens is 2. The number of fused-ring (bicyclic) bond motifs is 1. The number of anilines is 1. The van der Waals surface area contributed by atoms with Crippen molar-refractivity contribution in [1.82, 2.24) is 4.31 Å². The molecule has 8 heteroatoms. The Balaban J connectivity index is 1.71. The third kappa shape index (κ3) is 3.54. The molecule has 5 nitrogen and oxygen atoms in total. The summed E-state index contributed by atoms with van der Waals surface area (Å²) in [5.41, 5.74) is 2.00. The van der Waals surface area contributed by atoms with Crippen LogP contribution in [0.5, 0.6) is 0 Å². The molecule has 1 amide bonds. The molecular weight excluding hydrogens is 419 g/mol. The van der Waals surface area contributed by atoms with Crippen molar-refractivity contribution < 1.29 is 13.2 Å². The van der Waals surface area contributed by atoms with Gasteiger partial charge in [-0.05, 0) is 67.6 Å². The molecule has 0 bridgehead atoms. The lowest BCUT2D eigenvalue weighted by molar-refractivity contribution is 0.0985. The van der Waals surface area contributed by atoms with Crippen molar-refractivity contribution in [1.29, 1.82) is 0 Å². The zero-order valence-electron chi connectivity index (χ0n) is 15.2. The van der Waals surface area contributed by atoms with Gasteiger partial charge in [0.05, 0.1) is 15.5 Å². The number of hydrogen-bond donors (Lipinski definition) is 0. The minimum atomic E-state index is -3.62. The molecule has 28 heavy (non-hydrogen) atoms. The van der Waals surface area contributed by atoms with E-state index in [1.807, 2.05) is 12.1 Å². The van der Waals surface area contributed by atoms with Gasteiger partial charge in [-0.1, -0.05) is 23.2 Å². The van der Waals surface area contributed by atoms with Gasteiger partial charge in [0.1, 0.15) is 0 Å². The van der Waals surface area contributed by atoms with Crippen LogP contribution in [0.25, 0.3) is 0 Å². The van der Waals surface area contributed by atoms with Crippen LogP contribution in [0, 0.1) is 0 Å². The number of rotatable bonds is 3. The number of amides is 1. The maximum atomic E-state index is 13.3. The molecule has 0 aromatic heterocycles. The van der Waals surface area contributed by atoms with Gasteiger partial charge in [-0.15, -0.1) is 0 Å². The van der Waals surface area contributed by atoms with E-state index in [0.717, 1.165) is 36.9 Å². The Hall–Kier alpha value is -1.60. The quantitative estimate of drug-likeness (QED) is 0.714. The Labute approximate surface area is 174 Å². The first-order valence-corrected chi connectivity index (χ1v) is 11.5. The van der Waals surface area contributed by atoms with E-state index in [2.05, 4.69) is 0 Å². The van der Waals surface area contributed by atoms with E-state index >= 15 is 0 Å². The van der Waals surface area contributed by atoms with Gasteiger partial charge < -0.3 is 4.90 Å². The van der Waals surface area contributed by atoms with Crippen molar-refractivity contribution in [2.45, 2.75) is 30.6 Å². The molecule has 0 N–H and O–H groups in total. The van der Waals surface area contributed by atoms with Crippen LogP contribution in [0.3, 0.4) is 0 Å². The number of sulfonamides is 1. The van der Waals surface area contributed by atoms with E-state index in [1.165, 1.54) is 22.5 Å². The summed E-state index contributed by atoms with van der Waals surface area (Å²) in [6.07, 6.45) is 3.36. The minimum absolute atomic E-state index is 0.107. The lowest BCUT2D eigenvalue weighted by Crippen LogP contribution is -2.36. The maximum Gasteiger partial charge on any atom is 0.259 e. The van der Waals surface area contributed by atoms with Crippen molar-refractivity contribution in [2.24, 2.45) is 0 Å². The highest BCUT2D eigenvalue weighted by Crippen LogP contribution is 2.33. The van der Waals surface area contributed by atoms with E-state index < -0.39 is 10.0 Å². The van der Waals surface area contributed by atoms with E-state index in [1.54, 1.807) is 11.0 Å². The maximum absolute atomic E-state index is 13.3. The molecule has 0 radical (unpaired) electrons. The van der Waals surface area contributed by atoms with E-state index in [4.69, 9.17) is 23.2 Å². The molecule has 0 atom stereocenters. The van der Waals surface area contributed by atoms with E-state index in [0.29, 0.717) is 24.7 Å². The third-order valence-corrected chi connectivity index (χ3v) is 7.74. The normalized spacial score (nSPS) is 17.6. The molecule has 0 unspecified atom stereocenters. The van der Waals surface area contributed by atoms with E-state index in [9.17, 15) is 13.2 Å². The van der Waals surface area contributed by atoms with Crippen LogP contribution in [-0.4, -0.2) is 38.3 Å². The van der Waals surface area contributed by atoms with Gasteiger partial charge in [0, 0.05) is 30.3 Å². The number of carbonyl (C=O) groups is 1. The van der Waals surface area contributed by atoms with Crippen LogP contribution in [0.1, 0.15) is 35.2 Å². The van der Waals surface area contributed by atoms with Crippen LogP contribution in [0.2, 0.25) is 10.0 Å². The van der Waals surface area contributed by atoms with Crippen LogP contribution >= 0.6 is 23.2 Å². The fraction of sp³-hybridized carbons (Fsp3) is 0.350. The lowest BCUT2D eigenvalue weighted by atomic mass is 10.0. The second kappa shape index (κ2) is 7.67. The van der Waals surface area contributed by atoms with Gasteiger partial charge in [0.25, 0.3) is 5.91 Å². The number of hydrogen-bond acceptors (Lipinski definition) is 3. The Kier molecular flexibility index (Phi) is 5.40. The highest BCUT2D eigenvalue weighted by Gasteiger charge is 2.30. The SMILES string of the molecule is O=C(c1cc(S(=O)(=O)N2CCCC2)ccc1Cl)N1CCCc2cc(Cl)ccc21. The highest BCUT2D eigenvalue weighted by molar-refractivity contribution is 7.89. The number of aryl methyl sites for hydroxylation is 1. The summed E-state index contributed by atoms with van der Waals surface area (Å²) in [4.78, 5) is 15.0. The van der Waals surface area contributed by atoms with Gasteiger partial charge in [-0.25, -0.2) is 8.42 Å². The lowest BCUT2D eigenvalue weighted by Gasteiger charge is -2.30. The first kappa shape index (κ1) is 19.7.